The number of imidazole rings is 1. The van der Waals surface area contributed by atoms with E-state index in [4.69, 9.17) is 14.0 Å². The molecule has 0 amide bonds. The Labute approximate surface area is 184 Å². The minimum atomic E-state index is -1.21. The molecule has 2 aliphatic rings. The molecule has 0 aromatic carbocycles. The van der Waals surface area contributed by atoms with Crippen LogP contribution in [0.15, 0.2) is 23.2 Å². The third kappa shape index (κ3) is 3.75. The van der Waals surface area contributed by atoms with Gasteiger partial charge in [0.1, 0.15) is 24.6 Å². The molecule has 2 saturated heterocycles. The highest BCUT2D eigenvalue weighted by Gasteiger charge is 2.47. The summed E-state index contributed by atoms with van der Waals surface area (Å²) in [5.41, 5.74) is 1.60. The van der Waals surface area contributed by atoms with Crippen molar-refractivity contribution in [1.82, 2.24) is 24.7 Å². The van der Waals surface area contributed by atoms with Crippen LogP contribution in [0.4, 0.5) is 5.82 Å². The van der Waals surface area contributed by atoms with Gasteiger partial charge in [0.15, 0.2) is 29.0 Å². The lowest BCUT2D eigenvalue weighted by Crippen LogP contribution is -2.29. The largest absolute Gasteiger partial charge is 0.387 e. The number of ether oxygens (including phenoxy) is 2. The molecule has 5 heterocycles. The number of hydrogen-bond donors (Lipinski definition) is 3. The fourth-order valence-electron chi connectivity index (χ4n) is 4.08. The van der Waals surface area contributed by atoms with Crippen molar-refractivity contribution < 1.29 is 24.2 Å². The van der Waals surface area contributed by atoms with E-state index in [1.807, 2.05) is 20.8 Å². The number of nitrogens with one attached hydrogen (secondary N) is 1. The predicted molar refractivity (Wildman–Crippen MR) is 113 cm³/mol. The Hall–Kier alpha value is -2.60. The normalized spacial score (nSPS) is 27.3. The zero-order valence-electron chi connectivity index (χ0n) is 18.3. The molecule has 3 aromatic heterocycles. The van der Waals surface area contributed by atoms with Gasteiger partial charge in [-0.15, -0.1) is 0 Å². The summed E-state index contributed by atoms with van der Waals surface area (Å²) >= 11 is 0. The maximum absolute atomic E-state index is 10.8. The van der Waals surface area contributed by atoms with Gasteiger partial charge in [-0.25, -0.2) is 15.0 Å². The number of nitrogens with zero attached hydrogens (tertiary/aromatic N) is 5. The third-order valence-electron chi connectivity index (χ3n) is 6.01. The van der Waals surface area contributed by atoms with Crippen LogP contribution in [0, 0.1) is 0 Å². The molecule has 0 spiro atoms. The van der Waals surface area contributed by atoms with Crippen molar-refractivity contribution in [2.75, 3.05) is 18.5 Å². The van der Waals surface area contributed by atoms with Gasteiger partial charge in [-0.2, -0.15) is 0 Å². The van der Waals surface area contributed by atoms with E-state index in [9.17, 15) is 10.2 Å². The molecular formula is C21H28N6O5. The van der Waals surface area contributed by atoms with Crippen molar-refractivity contribution in [1.29, 1.82) is 0 Å². The number of aliphatic hydroxyl groups excluding tert-OH is 2. The Bertz CT molecular complexity index is 1090. The molecule has 4 atom stereocenters. The summed E-state index contributed by atoms with van der Waals surface area (Å²) in [6.07, 6.45) is 0.604. The third-order valence-corrected chi connectivity index (χ3v) is 6.01. The second-order valence-corrected chi connectivity index (χ2v) is 9.37. The number of aliphatic hydroxyl groups is 2. The molecule has 0 aliphatic carbocycles. The van der Waals surface area contributed by atoms with Crippen LogP contribution in [0.2, 0.25) is 0 Å². The van der Waals surface area contributed by atoms with E-state index in [0.717, 1.165) is 18.5 Å². The maximum atomic E-state index is 10.8. The molecule has 5 rings (SSSR count). The van der Waals surface area contributed by atoms with Gasteiger partial charge >= 0.3 is 0 Å². The number of hydrogen-bond acceptors (Lipinski definition) is 10. The zero-order chi connectivity index (χ0) is 22.5. The lowest BCUT2D eigenvalue weighted by Gasteiger charge is -2.23. The van der Waals surface area contributed by atoms with Crippen LogP contribution in [0.25, 0.3) is 11.2 Å². The van der Waals surface area contributed by atoms with Crippen LogP contribution >= 0.6 is 0 Å². The second-order valence-electron chi connectivity index (χ2n) is 9.37. The van der Waals surface area contributed by atoms with E-state index < -0.39 is 24.5 Å². The van der Waals surface area contributed by atoms with Gasteiger partial charge in [0.2, 0.25) is 0 Å². The fourth-order valence-corrected chi connectivity index (χ4v) is 4.08. The summed E-state index contributed by atoms with van der Waals surface area (Å²) in [5, 5.41) is 28.9. The Kier molecular flexibility index (Phi) is 5.36. The molecule has 11 heteroatoms. The topological polar surface area (TPSA) is 141 Å². The van der Waals surface area contributed by atoms with E-state index in [1.165, 1.54) is 6.33 Å². The van der Waals surface area contributed by atoms with Crippen LogP contribution < -0.4 is 5.32 Å². The first-order valence-corrected chi connectivity index (χ1v) is 10.8. The summed E-state index contributed by atoms with van der Waals surface area (Å²) in [4.78, 5) is 13.2. The molecule has 3 N–H and O–H groups in total. The smallest absolute Gasteiger partial charge is 0.168 e. The van der Waals surface area contributed by atoms with E-state index in [0.29, 0.717) is 36.0 Å². The molecule has 0 saturated carbocycles. The van der Waals surface area contributed by atoms with Crippen molar-refractivity contribution in [3.63, 3.8) is 0 Å². The monoisotopic (exact) mass is 444 g/mol. The number of fused-ring (bicyclic) bond motifs is 1. The molecule has 0 bridgehead atoms. The van der Waals surface area contributed by atoms with Crippen molar-refractivity contribution >= 4 is 17.0 Å². The summed E-state index contributed by atoms with van der Waals surface area (Å²) < 4.78 is 18.5. The second kappa shape index (κ2) is 8.07. The minimum Gasteiger partial charge on any atom is -0.387 e. The van der Waals surface area contributed by atoms with E-state index in [1.54, 1.807) is 17.0 Å². The van der Waals surface area contributed by atoms with Gasteiger partial charge in [0.25, 0.3) is 0 Å². The number of aromatic nitrogens is 5. The highest BCUT2D eigenvalue weighted by atomic mass is 16.6. The molecule has 3 aromatic rings. The first-order chi connectivity index (χ1) is 15.3. The lowest BCUT2D eigenvalue weighted by molar-refractivity contribution is -0.0434. The number of rotatable bonds is 4. The van der Waals surface area contributed by atoms with Crippen LogP contribution in [0.5, 0.6) is 0 Å². The van der Waals surface area contributed by atoms with E-state index in [2.05, 4.69) is 25.4 Å². The van der Waals surface area contributed by atoms with Crippen LogP contribution in [0.1, 0.15) is 57.4 Å². The lowest BCUT2D eigenvalue weighted by atomic mass is 9.92. The van der Waals surface area contributed by atoms with Crippen LogP contribution in [-0.4, -0.2) is 66.4 Å². The Morgan fingerprint density at radius 1 is 1.09 bits per heavy atom. The molecule has 0 unspecified atom stereocenters. The SMILES string of the molecule is CC(C)(C)c1cc([C@H]2O[C@@H](n3cnc4c(NC5CCOCC5)ncnc43)[C@H](O)[C@@H]2O)on1. The zero-order valence-corrected chi connectivity index (χ0v) is 18.3. The van der Waals surface area contributed by atoms with Crippen LogP contribution in [0.3, 0.4) is 0 Å². The van der Waals surface area contributed by atoms with Crippen molar-refractivity contribution in [3.05, 3.63) is 30.2 Å². The molecule has 2 fully saturated rings. The minimum absolute atomic E-state index is 0.214. The van der Waals surface area contributed by atoms with Gasteiger partial charge in [0, 0.05) is 30.7 Å². The maximum Gasteiger partial charge on any atom is 0.168 e. The average molecular weight is 444 g/mol. The van der Waals surface area contributed by atoms with Gasteiger partial charge < -0.3 is 29.5 Å². The van der Waals surface area contributed by atoms with Gasteiger partial charge in [-0.3, -0.25) is 4.57 Å². The molecule has 172 valence electrons. The Morgan fingerprint density at radius 2 is 1.88 bits per heavy atom. The Balaban J connectivity index is 1.41. The number of anilines is 1. The van der Waals surface area contributed by atoms with Crippen molar-refractivity contribution in [2.24, 2.45) is 0 Å². The molecule has 11 nitrogen and oxygen atoms in total. The highest BCUT2D eigenvalue weighted by molar-refractivity contribution is 5.82. The molecular weight excluding hydrogens is 416 g/mol. The highest BCUT2D eigenvalue weighted by Crippen LogP contribution is 2.41. The molecule has 32 heavy (non-hydrogen) atoms. The average Bonchev–Trinajstić information content (AvgIpc) is 3.48. The fraction of sp³-hybridized carbons (Fsp3) is 0.619. The Morgan fingerprint density at radius 3 is 2.59 bits per heavy atom. The molecule has 2 aliphatic heterocycles. The summed E-state index contributed by atoms with van der Waals surface area (Å²) in [7, 11) is 0. The molecule has 0 radical (unpaired) electrons. The van der Waals surface area contributed by atoms with Gasteiger partial charge in [-0.1, -0.05) is 25.9 Å². The van der Waals surface area contributed by atoms with Crippen molar-refractivity contribution in [3.8, 4) is 0 Å². The quantitative estimate of drug-likeness (QED) is 0.544. The van der Waals surface area contributed by atoms with Gasteiger partial charge in [0.05, 0.1) is 12.0 Å². The van der Waals surface area contributed by atoms with Crippen LogP contribution in [-0.2, 0) is 14.9 Å². The summed E-state index contributed by atoms with van der Waals surface area (Å²) in [6, 6.07) is 2.00. The van der Waals surface area contributed by atoms with Gasteiger partial charge in [-0.05, 0) is 12.8 Å². The predicted octanol–water partition coefficient (Wildman–Crippen LogP) is 1.69. The summed E-state index contributed by atoms with van der Waals surface area (Å²) in [6.45, 7) is 7.46. The first kappa shape index (κ1) is 21.3. The summed E-state index contributed by atoms with van der Waals surface area (Å²) in [5.74, 6) is 0.986. The van der Waals surface area contributed by atoms with Crippen molar-refractivity contribution in [2.45, 2.75) is 69.6 Å². The standard InChI is InChI=1S/C21H28N6O5/c1-21(2,3)13-8-12(32-26-13)17-15(28)16(29)20(31-17)27-10-24-14-18(22-9-23-19(14)27)25-11-4-6-30-7-5-11/h8-11,15-17,20,28-29H,4-7H2,1-3H3,(H,22,23,25)/t15-,16+,17+,20+/m0/s1. The first-order valence-electron chi connectivity index (χ1n) is 10.8. The van der Waals surface area contributed by atoms with E-state index in [-0.39, 0.29) is 11.5 Å². The van der Waals surface area contributed by atoms with E-state index >= 15 is 0 Å².